The van der Waals surface area contributed by atoms with Gasteiger partial charge in [-0.2, -0.15) is 0 Å². The van der Waals surface area contributed by atoms with Crippen LogP contribution in [0.15, 0.2) is 28.8 Å². The molecule has 1 N–H and O–H groups in total. The molecule has 0 aliphatic carbocycles. The quantitative estimate of drug-likeness (QED) is 0.878. The number of anilines is 1. The molecule has 0 spiro atoms. The van der Waals surface area contributed by atoms with E-state index in [1.165, 1.54) is 25.1 Å². The number of hydrogen-bond acceptors (Lipinski definition) is 5. The Morgan fingerprint density at radius 1 is 1.32 bits per heavy atom. The summed E-state index contributed by atoms with van der Waals surface area (Å²) in [7, 11) is 0. The molecule has 0 bridgehead atoms. The highest BCUT2D eigenvalue weighted by Gasteiger charge is 2.21. The standard InChI is InChI=1S/C15H15FN2O4/c1-8-4-5-11(16)7-12(8)15(20)21-10(3)14(19)17-13-6-9(2)22-18-13/h4-7,10H,1-3H3,(H,17,18,19)/t10-/m0/s1. The van der Waals surface area contributed by atoms with Crippen LogP contribution in [0.4, 0.5) is 10.2 Å². The first-order valence-electron chi connectivity index (χ1n) is 6.58. The van der Waals surface area contributed by atoms with E-state index in [0.29, 0.717) is 11.3 Å². The van der Waals surface area contributed by atoms with Crippen molar-refractivity contribution in [2.75, 3.05) is 5.32 Å². The van der Waals surface area contributed by atoms with Gasteiger partial charge in [-0.1, -0.05) is 11.2 Å². The minimum atomic E-state index is -1.06. The summed E-state index contributed by atoms with van der Waals surface area (Å²) in [5.41, 5.74) is 0.642. The average Bonchev–Trinajstić information content (AvgIpc) is 2.86. The van der Waals surface area contributed by atoms with Crippen LogP contribution in [0.1, 0.15) is 28.6 Å². The van der Waals surface area contributed by atoms with Gasteiger partial charge in [0, 0.05) is 6.07 Å². The zero-order valence-electron chi connectivity index (χ0n) is 12.3. The van der Waals surface area contributed by atoms with Crippen molar-refractivity contribution < 1.29 is 23.2 Å². The van der Waals surface area contributed by atoms with Crippen LogP contribution in [0.3, 0.4) is 0 Å². The monoisotopic (exact) mass is 306 g/mol. The number of esters is 1. The van der Waals surface area contributed by atoms with Crippen LogP contribution in [0.2, 0.25) is 0 Å². The first kappa shape index (κ1) is 15.7. The lowest BCUT2D eigenvalue weighted by Gasteiger charge is -2.13. The molecule has 2 rings (SSSR count). The number of amides is 1. The van der Waals surface area contributed by atoms with Crippen molar-refractivity contribution in [3.05, 3.63) is 47.0 Å². The van der Waals surface area contributed by atoms with Crippen molar-refractivity contribution in [2.24, 2.45) is 0 Å². The maximum atomic E-state index is 13.2. The number of carbonyl (C=O) groups is 2. The number of hydrogen-bond donors (Lipinski definition) is 1. The molecule has 1 atom stereocenters. The SMILES string of the molecule is Cc1cc(NC(=O)[C@H](C)OC(=O)c2cc(F)ccc2C)no1. The molecule has 0 aliphatic rings. The normalized spacial score (nSPS) is 11.8. The topological polar surface area (TPSA) is 81.4 Å². The number of nitrogens with zero attached hydrogens (tertiary/aromatic N) is 1. The number of rotatable bonds is 4. The van der Waals surface area contributed by atoms with Gasteiger partial charge in [-0.15, -0.1) is 0 Å². The second-order valence-electron chi connectivity index (χ2n) is 4.82. The Labute approximate surface area is 126 Å². The Hall–Kier alpha value is -2.70. The summed E-state index contributed by atoms with van der Waals surface area (Å²) in [6, 6.07) is 5.32. The van der Waals surface area contributed by atoms with Gasteiger partial charge in [-0.25, -0.2) is 9.18 Å². The third-order valence-electron chi connectivity index (χ3n) is 2.95. The fourth-order valence-corrected chi connectivity index (χ4v) is 1.74. The fraction of sp³-hybridized carbons (Fsp3) is 0.267. The van der Waals surface area contributed by atoms with E-state index in [2.05, 4.69) is 10.5 Å². The lowest BCUT2D eigenvalue weighted by atomic mass is 10.1. The van der Waals surface area contributed by atoms with Crippen molar-refractivity contribution in [3.8, 4) is 0 Å². The molecule has 0 unspecified atom stereocenters. The van der Waals surface area contributed by atoms with E-state index in [0.717, 1.165) is 6.07 Å². The van der Waals surface area contributed by atoms with Gasteiger partial charge in [-0.05, 0) is 38.5 Å². The number of carbonyl (C=O) groups excluding carboxylic acids is 2. The van der Waals surface area contributed by atoms with Crippen LogP contribution in [0.25, 0.3) is 0 Å². The van der Waals surface area contributed by atoms with Crippen molar-refractivity contribution >= 4 is 17.7 Å². The van der Waals surface area contributed by atoms with E-state index in [4.69, 9.17) is 9.26 Å². The van der Waals surface area contributed by atoms with E-state index >= 15 is 0 Å². The average molecular weight is 306 g/mol. The number of ether oxygens (including phenoxy) is 1. The molecule has 0 radical (unpaired) electrons. The highest BCUT2D eigenvalue weighted by Crippen LogP contribution is 2.13. The van der Waals surface area contributed by atoms with Gasteiger partial charge in [0.2, 0.25) is 0 Å². The summed E-state index contributed by atoms with van der Waals surface area (Å²) in [6.45, 7) is 4.74. The number of halogens is 1. The van der Waals surface area contributed by atoms with Crippen LogP contribution >= 0.6 is 0 Å². The molecule has 2 aromatic rings. The molecule has 0 fully saturated rings. The maximum absolute atomic E-state index is 13.2. The number of aromatic nitrogens is 1. The summed E-state index contributed by atoms with van der Waals surface area (Å²) in [5.74, 6) is -1.11. The molecule has 1 aromatic heterocycles. The molecule has 0 saturated carbocycles. The van der Waals surface area contributed by atoms with E-state index < -0.39 is 23.8 Å². The number of nitrogens with one attached hydrogen (secondary N) is 1. The van der Waals surface area contributed by atoms with Crippen molar-refractivity contribution in [1.29, 1.82) is 0 Å². The summed E-state index contributed by atoms with van der Waals surface area (Å²) < 4.78 is 23.0. The Kier molecular flexibility index (Phi) is 4.55. The molecule has 22 heavy (non-hydrogen) atoms. The molecule has 0 saturated heterocycles. The Bertz CT molecular complexity index is 711. The van der Waals surface area contributed by atoms with Crippen LogP contribution in [0, 0.1) is 19.7 Å². The summed E-state index contributed by atoms with van der Waals surface area (Å²) in [4.78, 5) is 23.9. The van der Waals surface area contributed by atoms with Crippen molar-refractivity contribution in [1.82, 2.24) is 5.16 Å². The summed E-state index contributed by atoms with van der Waals surface area (Å²) in [6.07, 6.45) is -1.06. The first-order chi connectivity index (χ1) is 10.4. The molecular weight excluding hydrogens is 291 g/mol. The highest BCUT2D eigenvalue weighted by molar-refractivity contribution is 5.97. The van der Waals surface area contributed by atoms with Gasteiger partial charge in [0.25, 0.3) is 5.91 Å². The van der Waals surface area contributed by atoms with E-state index in [-0.39, 0.29) is 11.4 Å². The lowest BCUT2D eigenvalue weighted by Crippen LogP contribution is -2.30. The smallest absolute Gasteiger partial charge is 0.339 e. The molecule has 6 nitrogen and oxygen atoms in total. The van der Waals surface area contributed by atoms with Crippen LogP contribution < -0.4 is 5.32 Å². The molecule has 1 heterocycles. The van der Waals surface area contributed by atoms with Gasteiger partial charge in [0.15, 0.2) is 11.9 Å². The summed E-state index contributed by atoms with van der Waals surface area (Å²) >= 11 is 0. The number of benzene rings is 1. The van der Waals surface area contributed by atoms with Crippen LogP contribution in [0.5, 0.6) is 0 Å². The van der Waals surface area contributed by atoms with Gasteiger partial charge in [0.1, 0.15) is 11.6 Å². The summed E-state index contributed by atoms with van der Waals surface area (Å²) in [5, 5.41) is 6.05. The molecule has 7 heteroatoms. The minimum Gasteiger partial charge on any atom is -0.449 e. The largest absolute Gasteiger partial charge is 0.449 e. The third kappa shape index (κ3) is 3.69. The Morgan fingerprint density at radius 2 is 2.05 bits per heavy atom. The van der Waals surface area contributed by atoms with Gasteiger partial charge in [-0.3, -0.25) is 4.79 Å². The predicted molar refractivity (Wildman–Crippen MR) is 75.9 cm³/mol. The van der Waals surface area contributed by atoms with Gasteiger partial charge in [0.05, 0.1) is 5.56 Å². The maximum Gasteiger partial charge on any atom is 0.339 e. The van der Waals surface area contributed by atoms with E-state index in [9.17, 15) is 14.0 Å². The second kappa shape index (κ2) is 6.38. The minimum absolute atomic E-state index is 0.0805. The first-order valence-corrected chi connectivity index (χ1v) is 6.58. The second-order valence-corrected chi connectivity index (χ2v) is 4.82. The van der Waals surface area contributed by atoms with Crippen LogP contribution in [-0.2, 0) is 9.53 Å². The molecule has 0 aliphatic heterocycles. The van der Waals surface area contributed by atoms with Gasteiger partial charge >= 0.3 is 5.97 Å². The zero-order valence-corrected chi connectivity index (χ0v) is 12.3. The van der Waals surface area contributed by atoms with Crippen molar-refractivity contribution in [2.45, 2.75) is 26.9 Å². The zero-order chi connectivity index (χ0) is 16.3. The van der Waals surface area contributed by atoms with E-state index in [1.54, 1.807) is 13.8 Å². The van der Waals surface area contributed by atoms with Gasteiger partial charge < -0.3 is 14.6 Å². The third-order valence-corrected chi connectivity index (χ3v) is 2.95. The Balaban J connectivity index is 2.01. The highest BCUT2D eigenvalue weighted by atomic mass is 19.1. The predicted octanol–water partition coefficient (Wildman–Crippen LogP) is 2.61. The molecule has 116 valence electrons. The number of aryl methyl sites for hydroxylation is 2. The van der Waals surface area contributed by atoms with Crippen molar-refractivity contribution in [3.63, 3.8) is 0 Å². The Morgan fingerprint density at radius 3 is 2.68 bits per heavy atom. The fourth-order valence-electron chi connectivity index (χ4n) is 1.74. The molecule has 1 aromatic carbocycles. The molecule has 1 amide bonds. The lowest BCUT2D eigenvalue weighted by molar-refractivity contribution is -0.123. The van der Waals surface area contributed by atoms with E-state index in [1.807, 2.05) is 0 Å². The van der Waals surface area contributed by atoms with Crippen LogP contribution in [-0.4, -0.2) is 23.1 Å². The molecular formula is C15H15FN2O4.